The van der Waals surface area contributed by atoms with E-state index in [1.165, 1.54) is 6.92 Å². The number of nitrogens with one attached hydrogen (secondary N) is 1. The minimum atomic E-state index is -0.980. The molecule has 0 heterocycles. The summed E-state index contributed by atoms with van der Waals surface area (Å²) in [5.41, 5.74) is 0. The summed E-state index contributed by atoms with van der Waals surface area (Å²) in [7, 11) is 0. The fourth-order valence-electron chi connectivity index (χ4n) is 0.921. The minimum absolute atomic E-state index is 0.311. The summed E-state index contributed by atoms with van der Waals surface area (Å²) in [6.45, 7) is 1.48. The van der Waals surface area contributed by atoms with E-state index in [4.69, 9.17) is 10.2 Å². The zero-order valence-corrected chi connectivity index (χ0v) is 6.45. The van der Waals surface area contributed by atoms with Crippen molar-refractivity contribution in [1.29, 1.82) is 0 Å². The van der Waals surface area contributed by atoms with Gasteiger partial charge in [0.05, 0.1) is 6.10 Å². The highest BCUT2D eigenvalue weighted by Gasteiger charge is 2.30. The molecule has 4 heteroatoms. The van der Waals surface area contributed by atoms with Crippen LogP contribution in [0.5, 0.6) is 0 Å². The molecule has 0 aromatic carbocycles. The van der Waals surface area contributed by atoms with Crippen LogP contribution in [0, 0.1) is 0 Å². The third-order valence-electron chi connectivity index (χ3n) is 1.74. The maximum Gasteiger partial charge on any atom is 0.323 e. The largest absolute Gasteiger partial charge is 0.480 e. The van der Waals surface area contributed by atoms with Crippen molar-refractivity contribution in [2.45, 2.75) is 38.0 Å². The fraction of sp³-hybridized carbons (Fsp3) is 0.857. The van der Waals surface area contributed by atoms with Crippen LogP contribution in [-0.4, -0.2) is 34.4 Å². The number of hydrogen-bond acceptors (Lipinski definition) is 3. The third-order valence-corrected chi connectivity index (χ3v) is 1.74. The number of carbonyl (C=O) groups is 1. The molecule has 3 N–H and O–H groups in total. The van der Waals surface area contributed by atoms with Gasteiger partial charge in [-0.2, -0.15) is 0 Å². The summed E-state index contributed by atoms with van der Waals surface area (Å²) in [5.74, 6) is -0.980. The van der Waals surface area contributed by atoms with Crippen molar-refractivity contribution in [2.75, 3.05) is 0 Å². The maximum absolute atomic E-state index is 10.5. The lowest BCUT2D eigenvalue weighted by molar-refractivity contribution is -0.142. The molecule has 64 valence electrons. The summed E-state index contributed by atoms with van der Waals surface area (Å²) in [6.07, 6.45) is 1.22. The van der Waals surface area contributed by atoms with E-state index in [9.17, 15) is 4.79 Å². The van der Waals surface area contributed by atoms with Crippen molar-refractivity contribution in [3.8, 4) is 0 Å². The summed E-state index contributed by atoms with van der Waals surface area (Å²) in [6, 6.07) is -0.492. The molecule has 0 aromatic rings. The smallest absolute Gasteiger partial charge is 0.323 e. The quantitative estimate of drug-likeness (QED) is 0.520. The molecular weight excluding hydrogens is 146 g/mol. The van der Waals surface area contributed by atoms with E-state index >= 15 is 0 Å². The van der Waals surface area contributed by atoms with E-state index < -0.39 is 18.1 Å². The molecule has 0 bridgehead atoms. The van der Waals surface area contributed by atoms with Crippen LogP contribution in [0.1, 0.15) is 19.8 Å². The van der Waals surface area contributed by atoms with Gasteiger partial charge in [0.15, 0.2) is 0 Å². The summed E-state index contributed by atoms with van der Waals surface area (Å²) >= 11 is 0. The molecule has 0 spiro atoms. The molecule has 2 unspecified atom stereocenters. The second kappa shape index (κ2) is 3.19. The predicted molar refractivity (Wildman–Crippen MR) is 39.3 cm³/mol. The van der Waals surface area contributed by atoms with Gasteiger partial charge in [0.1, 0.15) is 6.04 Å². The molecular formula is C7H13NO3. The minimum Gasteiger partial charge on any atom is -0.480 e. The Bertz CT molecular complexity index is 154. The van der Waals surface area contributed by atoms with Gasteiger partial charge >= 0.3 is 5.97 Å². The number of carboxylic acid groups (broad SMARTS) is 1. The van der Waals surface area contributed by atoms with Gasteiger partial charge < -0.3 is 10.2 Å². The molecule has 11 heavy (non-hydrogen) atoms. The lowest BCUT2D eigenvalue weighted by atomic mass is 10.2. The average molecular weight is 159 g/mol. The Balaban J connectivity index is 2.37. The molecule has 0 aliphatic heterocycles. The number of hydrogen-bond donors (Lipinski definition) is 3. The first-order chi connectivity index (χ1) is 5.11. The lowest BCUT2D eigenvalue weighted by Gasteiger charge is -2.15. The van der Waals surface area contributed by atoms with E-state index in [0.29, 0.717) is 6.04 Å². The van der Waals surface area contributed by atoms with Crippen molar-refractivity contribution < 1.29 is 15.0 Å². The molecule has 2 atom stereocenters. The standard InChI is InChI=1S/C7H13NO3/c1-4(9)6(7(10)11)8-5-2-3-5/h4-6,8-9H,2-3H2,1H3,(H,10,11). The molecule has 1 rings (SSSR count). The van der Waals surface area contributed by atoms with Gasteiger partial charge in [-0.15, -0.1) is 0 Å². The van der Waals surface area contributed by atoms with Gasteiger partial charge in [0.2, 0.25) is 0 Å². The summed E-state index contributed by atoms with van der Waals surface area (Å²) < 4.78 is 0. The first-order valence-electron chi connectivity index (χ1n) is 3.78. The van der Waals surface area contributed by atoms with Crippen LogP contribution in [0.4, 0.5) is 0 Å². The van der Waals surface area contributed by atoms with E-state index in [0.717, 1.165) is 12.8 Å². The van der Waals surface area contributed by atoms with Gasteiger partial charge in [-0.3, -0.25) is 10.1 Å². The maximum atomic E-state index is 10.5. The SMILES string of the molecule is CC(O)C(NC1CC1)C(=O)O. The second-order valence-corrected chi connectivity index (χ2v) is 3.00. The van der Waals surface area contributed by atoms with Crippen LogP contribution in [-0.2, 0) is 4.79 Å². The Hall–Kier alpha value is -0.610. The first-order valence-corrected chi connectivity index (χ1v) is 3.78. The highest BCUT2D eigenvalue weighted by molar-refractivity contribution is 5.74. The molecule has 0 saturated heterocycles. The molecule has 1 aliphatic rings. The Kier molecular flexibility index (Phi) is 2.46. The first kappa shape index (κ1) is 8.49. The van der Waals surface area contributed by atoms with Gasteiger partial charge in [0, 0.05) is 6.04 Å². The Morgan fingerprint density at radius 3 is 2.45 bits per heavy atom. The van der Waals surface area contributed by atoms with Crippen molar-refractivity contribution >= 4 is 5.97 Å². The van der Waals surface area contributed by atoms with Crippen molar-refractivity contribution in [3.05, 3.63) is 0 Å². The van der Waals surface area contributed by atoms with Crippen molar-refractivity contribution in [3.63, 3.8) is 0 Å². The topological polar surface area (TPSA) is 69.6 Å². The molecule has 1 aliphatic carbocycles. The van der Waals surface area contributed by atoms with E-state index in [1.807, 2.05) is 0 Å². The van der Waals surface area contributed by atoms with Gasteiger partial charge in [-0.1, -0.05) is 0 Å². The number of aliphatic hydroxyl groups is 1. The highest BCUT2D eigenvalue weighted by Crippen LogP contribution is 2.19. The number of carboxylic acids is 1. The van der Waals surface area contributed by atoms with Gasteiger partial charge in [0.25, 0.3) is 0 Å². The lowest BCUT2D eigenvalue weighted by Crippen LogP contribution is -2.45. The van der Waals surface area contributed by atoms with Crippen molar-refractivity contribution in [1.82, 2.24) is 5.32 Å². The predicted octanol–water partition coefficient (Wildman–Crippen LogP) is -0.428. The monoisotopic (exact) mass is 159 g/mol. The van der Waals surface area contributed by atoms with Crippen LogP contribution in [0.15, 0.2) is 0 Å². The van der Waals surface area contributed by atoms with Gasteiger partial charge in [-0.05, 0) is 19.8 Å². The number of rotatable bonds is 4. The Labute approximate surface area is 65.2 Å². The van der Waals surface area contributed by atoms with Gasteiger partial charge in [-0.25, -0.2) is 0 Å². The molecule has 0 amide bonds. The van der Waals surface area contributed by atoms with E-state index in [1.54, 1.807) is 0 Å². The zero-order chi connectivity index (χ0) is 8.43. The second-order valence-electron chi connectivity index (χ2n) is 3.00. The van der Waals surface area contributed by atoms with E-state index in [2.05, 4.69) is 5.32 Å². The summed E-state index contributed by atoms with van der Waals surface area (Å²) in [4.78, 5) is 10.5. The molecule has 0 radical (unpaired) electrons. The van der Waals surface area contributed by atoms with Crippen LogP contribution in [0.2, 0.25) is 0 Å². The Morgan fingerprint density at radius 2 is 2.18 bits per heavy atom. The molecule has 1 fully saturated rings. The molecule has 1 saturated carbocycles. The number of aliphatic hydroxyl groups excluding tert-OH is 1. The molecule has 4 nitrogen and oxygen atoms in total. The Morgan fingerprint density at radius 1 is 1.64 bits per heavy atom. The third kappa shape index (κ3) is 2.48. The van der Waals surface area contributed by atoms with Crippen LogP contribution in [0.3, 0.4) is 0 Å². The molecule has 0 aromatic heterocycles. The summed E-state index contributed by atoms with van der Waals surface area (Å²) in [5, 5.41) is 20.5. The van der Waals surface area contributed by atoms with Crippen LogP contribution >= 0.6 is 0 Å². The zero-order valence-electron chi connectivity index (χ0n) is 6.45. The highest BCUT2D eigenvalue weighted by atomic mass is 16.4. The normalized spacial score (nSPS) is 22.7. The van der Waals surface area contributed by atoms with Crippen LogP contribution in [0.25, 0.3) is 0 Å². The van der Waals surface area contributed by atoms with E-state index in [-0.39, 0.29) is 0 Å². The van der Waals surface area contributed by atoms with Crippen LogP contribution < -0.4 is 5.32 Å². The average Bonchev–Trinajstić information content (AvgIpc) is 2.63. The number of aliphatic carboxylic acids is 1. The fourth-order valence-corrected chi connectivity index (χ4v) is 0.921. The van der Waals surface area contributed by atoms with Crippen molar-refractivity contribution in [2.24, 2.45) is 0 Å².